The molecule has 1 heterocycles. The molecule has 1 aromatic heterocycles. The van der Waals surface area contributed by atoms with Gasteiger partial charge >= 0.3 is 0 Å². The van der Waals surface area contributed by atoms with Crippen molar-refractivity contribution < 1.29 is 4.74 Å². The van der Waals surface area contributed by atoms with Crippen LogP contribution in [0.15, 0.2) is 17.8 Å². The van der Waals surface area contributed by atoms with E-state index >= 15 is 0 Å². The molecule has 2 rings (SSSR count). The lowest BCUT2D eigenvalue weighted by Crippen LogP contribution is -2.03. The highest BCUT2D eigenvalue weighted by Gasteiger charge is 2.17. The van der Waals surface area contributed by atoms with E-state index in [1.165, 1.54) is 16.8 Å². The van der Waals surface area contributed by atoms with Gasteiger partial charge in [0.05, 0.1) is 7.11 Å². The smallest absolute Gasteiger partial charge is 0.126 e. The SMILES string of the molecule is COC1=C(C)CCc2[nH]ccc21. The van der Waals surface area contributed by atoms with Crippen LogP contribution in [0.25, 0.3) is 5.76 Å². The van der Waals surface area contributed by atoms with Crippen LogP contribution in [0.5, 0.6) is 0 Å². The topological polar surface area (TPSA) is 25.0 Å². The molecule has 0 amide bonds. The van der Waals surface area contributed by atoms with Crippen LogP contribution in [0, 0.1) is 0 Å². The number of nitrogens with one attached hydrogen (secondary N) is 1. The third-order valence-corrected chi connectivity index (χ3v) is 2.42. The fraction of sp³-hybridized carbons (Fsp3) is 0.400. The Morgan fingerprint density at radius 3 is 3.00 bits per heavy atom. The van der Waals surface area contributed by atoms with Crippen LogP contribution in [0.1, 0.15) is 24.6 Å². The van der Waals surface area contributed by atoms with E-state index in [4.69, 9.17) is 4.74 Å². The number of allylic oxidation sites excluding steroid dienone is 1. The van der Waals surface area contributed by atoms with Gasteiger partial charge in [-0.25, -0.2) is 0 Å². The van der Waals surface area contributed by atoms with Crippen molar-refractivity contribution in [2.45, 2.75) is 19.8 Å². The lowest BCUT2D eigenvalue weighted by molar-refractivity contribution is 0.363. The first-order valence-corrected chi connectivity index (χ1v) is 4.23. The molecule has 1 aromatic rings. The van der Waals surface area contributed by atoms with E-state index in [0.29, 0.717) is 0 Å². The van der Waals surface area contributed by atoms with Gasteiger partial charge in [-0.2, -0.15) is 0 Å². The predicted octanol–water partition coefficient (Wildman–Crippen LogP) is 2.34. The van der Waals surface area contributed by atoms with Gasteiger partial charge in [-0.3, -0.25) is 0 Å². The summed E-state index contributed by atoms with van der Waals surface area (Å²) in [5.41, 5.74) is 3.89. The molecule has 12 heavy (non-hydrogen) atoms. The summed E-state index contributed by atoms with van der Waals surface area (Å²) in [4.78, 5) is 3.23. The average Bonchev–Trinajstić information content (AvgIpc) is 2.52. The Bertz CT molecular complexity index is 322. The van der Waals surface area contributed by atoms with E-state index in [9.17, 15) is 0 Å². The third kappa shape index (κ3) is 0.951. The number of aromatic amines is 1. The standard InChI is InChI=1S/C10H13NO/c1-7-3-4-9-8(5-6-11-9)10(7)12-2/h5-6,11H,3-4H2,1-2H3. The minimum Gasteiger partial charge on any atom is -0.496 e. The van der Waals surface area contributed by atoms with Crippen molar-refractivity contribution in [1.29, 1.82) is 0 Å². The molecule has 0 unspecified atom stereocenters. The zero-order valence-electron chi connectivity index (χ0n) is 7.48. The molecule has 0 bridgehead atoms. The molecule has 0 spiro atoms. The highest BCUT2D eigenvalue weighted by Crippen LogP contribution is 2.30. The Kier molecular flexibility index (Phi) is 1.68. The van der Waals surface area contributed by atoms with E-state index in [1.54, 1.807) is 7.11 Å². The summed E-state index contributed by atoms with van der Waals surface area (Å²) in [6.07, 6.45) is 4.19. The van der Waals surface area contributed by atoms with E-state index < -0.39 is 0 Å². The van der Waals surface area contributed by atoms with Crippen LogP contribution in [-0.4, -0.2) is 12.1 Å². The number of ether oxygens (including phenoxy) is 1. The molecule has 0 saturated heterocycles. The number of aromatic nitrogens is 1. The van der Waals surface area contributed by atoms with Gasteiger partial charge in [0.2, 0.25) is 0 Å². The van der Waals surface area contributed by atoms with Crippen LogP contribution in [0.2, 0.25) is 0 Å². The van der Waals surface area contributed by atoms with E-state index in [2.05, 4.69) is 18.0 Å². The fourth-order valence-corrected chi connectivity index (χ4v) is 1.76. The second-order valence-corrected chi connectivity index (χ2v) is 3.18. The first-order chi connectivity index (χ1) is 5.83. The van der Waals surface area contributed by atoms with Gasteiger partial charge in [-0.05, 0) is 31.4 Å². The molecule has 64 valence electrons. The average molecular weight is 163 g/mol. The quantitative estimate of drug-likeness (QED) is 0.675. The zero-order chi connectivity index (χ0) is 8.55. The number of fused-ring (bicyclic) bond motifs is 1. The normalized spacial score (nSPS) is 16.2. The molecule has 0 atom stereocenters. The molecule has 1 aliphatic carbocycles. The van der Waals surface area contributed by atoms with E-state index in [0.717, 1.165) is 18.6 Å². The van der Waals surface area contributed by atoms with Gasteiger partial charge in [0.1, 0.15) is 5.76 Å². The Labute approximate surface area is 72.2 Å². The summed E-state index contributed by atoms with van der Waals surface area (Å²) in [5.74, 6) is 1.05. The summed E-state index contributed by atoms with van der Waals surface area (Å²) >= 11 is 0. The summed E-state index contributed by atoms with van der Waals surface area (Å²) in [5, 5.41) is 0. The highest BCUT2D eigenvalue weighted by atomic mass is 16.5. The molecule has 1 aliphatic rings. The Morgan fingerprint density at radius 2 is 2.25 bits per heavy atom. The van der Waals surface area contributed by atoms with Crippen molar-refractivity contribution in [3.05, 3.63) is 29.1 Å². The fourth-order valence-electron chi connectivity index (χ4n) is 1.76. The van der Waals surface area contributed by atoms with Crippen LogP contribution in [0.4, 0.5) is 0 Å². The maximum Gasteiger partial charge on any atom is 0.126 e. The largest absolute Gasteiger partial charge is 0.496 e. The third-order valence-electron chi connectivity index (χ3n) is 2.42. The maximum atomic E-state index is 5.35. The minimum atomic E-state index is 1.05. The maximum absolute atomic E-state index is 5.35. The van der Waals surface area contributed by atoms with Crippen molar-refractivity contribution >= 4 is 5.76 Å². The van der Waals surface area contributed by atoms with E-state index in [-0.39, 0.29) is 0 Å². The number of rotatable bonds is 1. The van der Waals surface area contributed by atoms with Crippen molar-refractivity contribution in [3.8, 4) is 0 Å². The number of methoxy groups -OCH3 is 1. The summed E-state index contributed by atoms with van der Waals surface area (Å²) in [6.45, 7) is 2.13. The van der Waals surface area contributed by atoms with Gasteiger partial charge in [-0.1, -0.05) is 0 Å². The molecule has 0 radical (unpaired) electrons. The molecular weight excluding hydrogens is 150 g/mol. The van der Waals surface area contributed by atoms with Gasteiger partial charge in [0.15, 0.2) is 0 Å². The Morgan fingerprint density at radius 1 is 1.42 bits per heavy atom. The zero-order valence-corrected chi connectivity index (χ0v) is 7.48. The minimum absolute atomic E-state index is 1.05. The lowest BCUT2D eigenvalue weighted by Gasteiger charge is -2.16. The Hall–Kier alpha value is -1.18. The monoisotopic (exact) mass is 163 g/mol. The first-order valence-electron chi connectivity index (χ1n) is 4.23. The molecule has 0 fully saturated rings. The van der Waals surface area contributed by atoms with Crippen molar-refractivity contribution in [3.63, 3.8) is 0 Å². The van der Waals surface area contributed by atoms with Crippen molar-refractivity contribution in [2.75, 3.05) is 7.11 Å². The number of hydrogen-bond donors (Lipinski definition) is 1. The van der Waals surface area contributed by atoms with Crippen LogP contribution in [0.3, 0.4) is 0 Å². The van der Waals surface area contributed by atoms with Gasteiger partial charge in [0.25, 0.3) is 0 Å². The first kappa shape index (κ1) is 7.47. The second-order valence-electron chi connectivity index (χ2n) is 3.18. The molecular formula is C10H13NO. The molecule has 0 aromatic carbocycles. The lowest BCUT2D eigenvalue weighted by atomic mass is 9.97. The van der Waals surface area contributed by atoms with Gasteiger partial charge in [0, 0.05) is 17.5 Å². The second kappa shape index (κ2) is 2.70. The van der Waals surface area contributed by atoms with Crippen LogP contribution >= 0.6 is 0 Å². The molecule has 0 saturated carbocycles. The molecule has 1 N–H and O–H groups in total. The number of H-pyrrole nitrogens is 1. The van der Waals surface area contributed by atoms with Crippen LogP contribution < -0.4 is 0 Å². The summed E-state index contributed by atoms with van der Waals surface area (Å²) < 4.78 is 5.35. The molecule has 0 aliphatic heterocycles. The summed E-state index contributed by atoms with van der Waals surface area (Å²) in [6, 6.07) is 2.08. The number of aryl methyl sites for hydroxylation is 1. The van der Waals surface area contributed by atoms with Gasteiger partial charge in [-0.15, -0.1) is 0 Å². The highest BCUT2D eigenvalue weighted by molar-refractivity contribution is 5.66. The van der Waals surface area contributed by atoms with Gasteiger partial charge < -0.3 is 9.72 Å². The predicted molar refractivity (Wildman–Crippen MR) is 48.7 cm³/mol. The Balaban J connectivity index is 2.52. The molecule has 2 nitrogen and oxygen atoms in total. The van der Waals surface area contributed by atoms with E-state index in [1.807, 2.05) is 6.20 Å². The van der Waals surface area contributed by atoms with Crippen molar-refractivity contribution in [1.82, 2.24) is 4.98 Å². The summed E-state index contributed by atoms with van der Waals surface area (Å²) in [7, 11) is 1.74. The van der Waals surface area contributed by atoms with Crippen LogP contribution in [-0.2, 0) is 11.2 Å². The molecule has 2 heteroatoms. The van der Waals surface area contributed by atoms with Crippen molar-refractivity contribution in [2.24, 2.45) is 0 Å². The number of hydrogen-bond acceptors (Lipinski definition) is 1.